The predicted octanol–water partition coefficient (Wildman–Crippen LogP) is 3.75. The summed E-state index contributed by atoms with van der Waals surface area (Å²) in [5.41, 5.74) is 3.48. The van der Waals surface area contributed by atoms with Crippen LogP contribution >= 0.6 is 11.3 Å². The molecule has 0 saturated heterocycles. The van der Waals surface area contributed by atoms with Gasteiger partial charge >= 0.3 is 0 Å². The van der Waals surface area contributed by atoms with Gasteiger partial charge in [-0.1, -0.05) is 48.6 Å². The summed E-state index contributed by atoms with van der Waals surface area (Å²) in [5.74, 6) is -0.137. The number of hydrogen-bond donors (Lipinski definition) is 2. The van der Waals surface area contributed by atoms with E-state index in [0.717, 1.165) is 33.1 Å². The summed E-state index contributed by atoms with van der Waals surface area (Å²) >= 11 is 1.52. The molecule has 2 aromatic carbocycles. The first-order valence-corrected chi connectivity index (χ1v) is 9.36. The van der Waals surface area contributed by atoms with Crippen LogP contribution in [0.2, 0.25) is 0 Å². The highest BCUT2D eigenvalue weighted by Crippen LogP contribution is 2.23. The van der Waals surface area contributed by atoms with Crippen LogP contribution in [0.1, 0.15) is 45.9 Å². The maximum atomic E-state index is 12.3. The molecule has 1 aromatic heterocycles. The first kappa shape index (κ1) is 18.2. The molecule has 1 amide bonds. The summed E-state index contributed by atoms with van der Waals surface area (Å²) in [6.07, 6.45) is 0.345. The van der Waals surface area contributed by atoms with E-state index in [0.29, 0.717) is 12.1 Å². The predicted molar refractivity (Wildman–Crippen MR) is 103 cm³/mol. The second kappa shape index (κ2) is 8.21. The Bertz CT molecular complexity index is 888. The van der Waals surface area contributed by atoms with Crippen LogP contribution in [0.5, 0.6) is 0 Å². The highest BCUT2D eigenvalue weighted by molar-refractivity contribution is 7.11. The highest BCUT2D eigenvalue weighted by atomic mass is 32.1. The first-order chi connectivity index (χ1) is 12.6. The van der Waals surface area contributed by atoms with E-state index >= 15 is 0 Å². The molecular formula is C20H21N3O2S. The van der Waals surface area contributed by atoms with E-state index in [4.69, 9.17) is 0 Å². The zero-order valence-electron chi connectivity index (χ0n) is 14.8. The Balaban J connectivity index is 1.66. The van der Waals surface area contributed by atoms with Crippen LogP contribution in [-0.4, -0.2) is 21.2 Å². The van der Waals surface area contributed by atoms with Gasteiger partial charge in [-0.15, -0.1) is 10.2 Å². The highest BCUT2D eigenvalue weighted by Gasteiger charge is 2.09. The van der Waals surface area contributed by atoms with E-state index in [1.165, 1.54) is 11.3 Å². The van der Waals surface area contributed by atoms with Crippen molar-refractivity contribution in [3.63, 3.8) is 0 Å². The minimum atomic E-state index is -0.506. The number of aliphatic hydroxyl groups excluding tert-OH is 1. The number of nitrogens with one attached hydrogen (secondary N) is 1. The molecule has 6 heteroatoms. The fraction of sp³-hybridized carbons (Fsp3) is 0.250. The molecule has 2 N–H and O–H groups in total. The average molecular weight is 367 g/mol. The Morgan fingerprint density at radius 2 is 1.85 bits per heavy atom. The maximum absolute atomic E-state index is 12.3. The summed E-state index contributed by atoms with van der Waals surface area (Å²) < 4.78 is 0. The Morgan fingerprint density at radius 1 is 1.12 bits per heavy atom. The van der Waals surface area contributed by atoms with Gasteiger partial charge in [-0.05, 0) is 48.2 Å². The molecule has 0 saturated carbocycles. The minimum absolute atomic E-state index is 0.137. The summed E-state index contributed by atoms with van der Waals surface area (Å²) in [5, 5.41) is 22.5. The maximum Gasteiger partial charge on any atom is 0.251 e. The van der Waals surface area contributed by atoms with Crippen molar-refractivity contribution >= 4 is 17.2 Å². The van der Waals surface area contributed by atoms with E-state index in [-0.39, 0.29) is 5.91 Å². The lowest BCUT2D eigenvalue weighted by atomic mass is 10.00. The standard InChI is InChI=1S/C20H21N3O2S/c1-3-18-22-23-19(26-18)12-21-20(25)15-9-7-14(8-10-15)17-6-4-5-16(11-17)13(2)24/h4-11,13,24H,3,12H2,1-2H3,(H,21,25)/t13-/m0/s1. The number of amides is 1. The van der Waals surface area contributed by atoms with Gasteiger partial charge < -0.3 is 10.4 Å². The number of aryl methyl sites for hydroxylation is 1. The Labute approximate surface area is 156 Å². The molecule has 0 bridgehead atoms. The molecule has 134 valence electrons. The quantitative estimate of drug-likeness (QED) is 0.696. The van der Waals surface area contributed by atoms with Crippen LogP contribution in [0, 0.1) is 0 Å². The molecule has 0 radical (unpaired) electrons. The van der Waals surface area contributed by atoms with E-state index in [9.17, 15) is 9.90 Å². The van der Waals surface area contributed by atoms with Crippen LogP contribution in [0.15, 0.2) is 48.5 Å². The number of carbonyl (C=O) groups excluding carboxylic acids is 1. The zero-order chi connectivity index (χ0) is 18.5. The van der Waals surface area contributed by atoms with Gasteiger partial charge in [0.05, 0.1) is 12.6 Å². The van der Waals surface area contributed by atoms with E-state index in [1.54, 1.807) is 19.1 Å². The number of rotatable bonds is 6. The van der Waals surface area contributed by atoms with E-state index in [1.807, 2.05) is 43.3 Å². The van der Waals surface area contributed by atoms with Gasteiger partial charge in [0.15, 0.2) is 0 Å². The minimum Gasteiger partial charge on any atom is -0.389 e. The second-order valence-electron chi connectivity index (χ2n) is 6.00. The summed E-state index contributed by atoms with van der Waals surface area (Å²) in [6, 6.07) is 15.2. The molecule has 0 aliphatic heterocycles. The molecule has 5 nitrogen and oxygen atoms in total. The third-order valence-electron chi connectivity index (χ3n) is 4.06. The van der Waals surface area contributed by atoms with Crippen LogP contribution in [0.25, 0.3) is 11.1 Å². The van der Waals surface area contributed by atoms with Gasteiger partial charge in [0, 0.05) is 5.56 Å². The zero-order valence-corrected chi connectivity index (χ0v) is 15.6. The van der Waals surface area contributed by atoms with Crippen molar-refractivity contribution in [2.45, 2.75) is 32.9 Å². The molecule has 0 aliphatic rings. The van der Waals surface area contributed by atoms with Gasteiger partial charge in [-0.25, -0.2) is 0 Å². The van der Waals surface area contributed by atoms with Crippen molar-refractivity contribution in [2.75, 3.05) is 0 Å². The molecule has 0 spiro atoms. The monoisotopic (exact) mass is 367 g/mol. The molecule has 0 aliphatic carbocycles. The lowest BCUT2D eigenvalue weighted by Crippen LogP contribution is -2.22. The molecule has 3 aromatic rings. The summed E-state index contributed by atoms with van der Waals surface area (Å²) in [4.78, 5) is 12.3. The van der Waals surface area contributed by atoms with Crippen LogP contribution in [0.3, 0.4) is 0 Å². The average Bonchev–Trinajstić information content (AvgIpc) is 3.14. The van der Waals surface area contributed by atoms with E-state index < -0.39 is 6.10 Å². The smallest absolute Gasteiger partial charge is 0.251 e. The van der Waals surface area contributed by atoms with Crippen molar-refractivity contribution < 1.29 is 9.90 Å². The SMILES string of the molecule is CCc1nnc(CNC(=O)c2ccc(-c3cccc([C@H](C)O)c3)cc2)s1. The summed E-state index contributed by atoms with van der Waals surface area (Å²) in [6.45, 7) is 4.16. The normalized spacial score (nSPS) is 12.0. The number of benzene rings is 2. The molecule has 1 heterocycles. The number of hydrogen-bond acceptors (Lipinski definition) is 5. The fourth-order valence-corrected chi connectivity index (χ4v) is 3.28. The van der Waals surface area contributed by atoms with Crippen molar-refractivity contribution in [3.05, 3.63) is 69.7 Å². The van der Waals surface area contributed by atoms with Gasteiger partial charge in [0.1, 0.15) is 10.0 Å². The molecule has 1 atom stereocenters. The van der Waals surface area contributed by atoms with Crippen molar-refractivity contribution in [1.82, 2.24) is 15.5 Å². The van der Waals surface area contributed by atoms with Crippen molar-refractivity contribution in [1.29, 1.82) is 0 Å². The Morgan fingerprint density at radius 3 is 2.50 bits per heavy atom. The molecule has 0 unspecified atom stereocenters. The van der Waals surface area contributed by atoms with Gasteiger partial charge in [0.2, 0.25) is 0 Å². The molecular weight excluding hydrogens is 346 g/mol. The first-order valence-electron chi connectivity index (χ1n) is 8.54. The lowest BCUT2D eigenvalue weighted by Gasteiger charge is -2.09. The van der Waals surface area contributed by atoms with Gasteiger partial charge in [-0.2, -0.15) is 0 Å². The third kappa shape index (κ3) is 4.33. The number of aromatic nitrogens is 2. The number of carbonyl (C=O) groups is 1. The molecule has 0 fully saturated rings. The van der Waals surface area contributed by atoms with Gasteiger partial charge in [-0.3, -0.25) is 4.79 Å². The number of aliphatic hydroxyl groups is 1. The lowest BCUT2D eigenvalue weighted by molar-refractivity contribution is 0.0951. The third-order valence-corrected chi connectivity index (χ3v) is 5.13. The van der Waals surface area contributed by atoms with Crippen molar-refractivity contribution in [3.8, 4) is 11.1 Å². The number of nitrogens with zero attached hydrogens (tertiary/aromatic N) is 2. The molecule has 3 rings (SSSR count). The Hall–Kier alpha value is -2.57. The van der Waals surface area contributed by atoms with Crippen LogP contribution in [-0.2, 0) is 13.0 Å². The van der Waals surface area contributed by atoms with Crippen LogP contribution < -0.4 is 5.32 Å². The largest absolute Gasteiger partial charge is 0.389 e. The van der Waals surface area contributed by atoms with Crippen LogP contribution in [0.4, 0.5) is 0 Å². The Kier molecular flexibility index (Phi) is 5.75. The molecule has 26 heavy (non-hydrogen) atoms. The summed E-state index contributed by atoms with van der Waals surface area (Å²) in [7, 11) is 0. The van der Waals surface area contributed by atoms with Gasteiger partial charge in [0.25, 0.3) is 5.91 Å². The topological polar surface area (TPSA) is 75.1 Å². The fourth-order valence-electron chi connectivity index (χ4n) is 2.55. The van der Waals surface area contributed by atoms with Crippen molar-refractivity contribution in [2.24, 2.45) is 0 Å². The van der Waals surface area contributed by atoms with E-state index in [2.05, 4.69) is 15.5 Å². The second-order valence-corrected chi connectivity index (χ2v) is 7.15.